The Kier molecular flexibility index (Phi) is 2.30. The summed E-state index contributed by atoms with van der Waals surface area (Å²) in [5.74, 6) is 1.75. The van der Waals surface area contributed by atoms with Crippen molar-refractivity contribution in [1.29, 1.82) is 0 Å². The molecule has 0 spiro atoms. The molecule has 0 atom stereocenters. The van der Waals surface area contributed by atoms with Crippen LogP contribution in [0.2, 0.25) is 0 Å². The van der Waals surface area contributed by atoms with Gasteiger partial charge in [0.25, 0.3) is 0 Å². The van der Waals surface area contributed by atoms with Gasteiger partial charge in [-0.15, -0.1) is 12.4 Å². The maximum atomic E-state index is 11.3. The van der Waals surface area contributed by atoms with Gasteiger partial charge in [0.1, 0.15) is 0 Å². The van der Waals surface area contributed by atoms with Crippen molar-refractivity contribution in [3.63, 3.8) is 0 Å². The lowest BCUT2D eigenvalue weighted by atomic mass is 9.49. The van der Waals surface area contributed by atoms with E-state index >= 15 is 0 Å². The summed E-state index contributed by atoms with van der Waals surface area (Å²) in [6.07, 6.45) is 6.92. The quantitative estimate of drug-likeness (QED) is 0.732. The normalized spacial score (nSPS) is 48.7. The van der Waals surface area contributed by atoms with E-state index in [1.54, 1.807) is 0 Å². The summed E-state index contributed by atoms with van der Waals surface area (Å²) in [4.78, 5) is 11.3. The first-order chi connectivity index (χ1) is 6.18. The fraction of sp³-hybridized carbons (Fsp3) is 0.909. The van der Waals surface area contributed by atoms with Crippen LogP contribution in [-0.4, -0.2) is 11.1 Å². The molecule has 0 heterocycles. The minimum absolute atomic E-state index is 0. The number of hydrogen-bond acceptors (Lipinski definition) is 1. The lowest BCUT2D eigenvalue weighted by Gasteiger charge is -2.54. The van der Waals surface area contributed by atoms with E-state index in [0.717, 1.165) is 37.0 Å². The molecule has 0 amide bonds. The van der Waals surface area contributed by atoms with E-state index in [4.69, 9.17) is 0 Å². The zero-order valence-corrected chi connectivity index (χ0v) is 9.05. The summed E-state index contributed by atoms with van der Waals surface area (Å²) in [6, 6.07) is 0. The molecule has 4 rings (SSSR count). The molecule has 80 valence electrons. The van der Waals surface area contributed by atoms with Gasteiger partial charge in [0, 0.05) is 0 Å². The summed E-state index contributed by atoms with van der Waals surface area (Å²) in [6.45, 7) is 0. The predicted molar refractivity (Wildman–Crippen MR) is 55.5 cm³/mol. The lowest BCUT2D eigenvalue weighted by Crippen LogP contribution is -2.49. The van der Waals surface area contributed by atoms with Crippen LogP contribution in [0.1, 0.15) is 38.5 Å². The average molecular weight is 217 g/mol. The van der Waals surface area contributed by atoms with Gasteiger partial charge in [-0.3, -0.25) is 4.79 Å². The zero-order valence-electron chi connectivity index (χ0n) is 8.24. The van der Waals surface area contributed by atoms with E-state index in [2.05, 4.69) is 0 Å². The van der Waals surface area contributed by atoms with E-state index in [9.17, 15) is 9.90 Å². The Morgan fingerprint density at radius 2 is 1.36 bits per heavy atom. The minimum atomic E-state index is -0.508. The Hall–Kier alpha value is -0.240. The summed E-state index contributed by atoms with van der Waals surface area (Å²) in [5, 5.41) is 9.28. The third-order valence-corrected chi connectivity index (χ3v) is 4.49. The van der Waals surface area contributed by atoms with Gasteiger partial charge in [0.2, 0.25) is 0 Å². The number of carboxylic acids is 1. The molecular formula is C11H17ClO2. The Morgan fingerprint density at radius 3 is 1.64 bits per heavy atom. The smallest absolute Gasteiger partial charge is 0.309 e. The topological polar surface area (TPSA) is 37.3 Å². The molecule has 0 aromatic heterocycles. The van der Waals surface area contributed by atoms with E-state index in [1.165, 1.54) is 19.3 Å². The fourth-order valence-corrected chi connectivity index (χ4v) is 4.37. The second-order valence-electron chi connectivity index (χ2n) is 5.50. The zero-order chi connectivity index (χ0) is 9.05. The molecular weight excluding hydrogens is 200 g/mol. The fourth-order valence-electron chi connectivity index (χ4n) is 4.37. The van der Waals surface area contributed by atoms with Crippen LogP contribution in [0.25, 0.3) is 0 Å². The summed E-state index contributed by atoms with van der Waals surface area (Å²) >= 11 is 0. The van der Waals surface area contributed by atoms with Gasteiger partial charge in [0.15, 0.2) is 0 Å². The molecule has 0 aromatic rings. The lowest BCUT2D eigenvalue weighted by molar-refractivity contribution is -0.164. The molecule has 0 radical (unpaired) electrons. The van der Waals surface area contributed by atoms with Crippen LogP contribution in [0.4, 0.5) is 0 Å². The van der Waals surface area contributed by atoms with Crippen molar-refractivity contribution in [2.75, 3.05) is 0 Å². The first-order valence-electron chi connectivity index (χ1n) is 5.41. The van der Waals surface area contributed by atoms with Crippen LogP contribution in [0.15, 0.2) is 0 Å². The average Bonchev–Trinajstić information content (AvgIpc) is 2.00. The second-order valence-corrected chi connectivity index (χ2v) is 5.50. The maximum Gasteiger partial charge on any atom is 0.309 e. The third kappa shape index (κ3) is 1.27. The van der Waals surface area contributed by atoms with Crippen LogP contribution < -0.4 is 0 Å². The Bertz CT molecular complexity index is 227. The highest BCUT2D eigenvalue weighted by molar-refractivity contribution is 5.85. The van der Waals surface area contributed by atoms with E-state index < -0.39 is 5.97 Å². The van der Waals surface area contributed by atoms with Gasteiger partial charge in [-0.1, -0.05) is 0 Å². The molecule has 2 nitrogen and oxygen atoms in total. The van der Waals surface area contributed by atoms with Crippen molar-refractivity contribution in [3.05, 3.63) is 0 Å². The van der Waals surface area contributed by atoms with E-state index in [0.29, 0.717) is 0 Å². The molecule has 3 heteroatoms. The Morgan fingerprint density at radius 1 is 1.00 bits per heavy atom. The van der Waals surface area contributed by atoms with Crippen molar-refractivity contribution in [3.8, 4) is 0 Å². The van der Waals surface area contributed by atoms with E-state index in [1.807, 2.05) is 0 Å². The molecule has 0 aliphatic heterocycles. The molecule has 4 bridgehead atoms. The second kappa shape index (κ2) is 3.13. The van der Waals surface area contributed by atoms with Gasteiger partial charge in [-0.25, -0.2) is 0 Å². The highest BCUT2D eigenvalue weighted by Crippen LogP contribution is 2.59. The predicted octanol–water partition coefficient (Wildman–Crippen LogP) is 2.71. The molecule has 0 aromatic carbocycles. The van der Waals surface area contributed by atoms with Gasteiger partial charge < -0.3 is 5.11 Å². The highest BCUT2D eigenvalue weighted by Gasteiger charge is 2.54. The number of hydrogen-bond donors (Lipinski definition) is 1. The molecule has 0 unspecified atom stereocenters. The van der Waals surface area contributed by atoms with Crippen LogP contribution in [0.3, 0.4) is 0 Å². The minimum Gasteiger partial charge on any atom is -0.481 e. The van der Waals surface area contributed by atoms with Crippen molar-refractivity contribution < 1.29 is 9.90 Å². The first kappa shape index (κ1) is 10.3. The van der Waals surface area contributed by atoms with Crippen LogP contribution in [0, 0.1) is 23.2 Å². The monoisotopic (exact) mass is 216 g/mol. The van der Waals surface area contributed by atoms with Crippen LogP contribution in [-0.2, 0) is 4.79 Å². The van der Waals surface area contributed by atoms with Crippen LogP contribution in [0.5, 0.6) is 0 Å². The summed E-state index contributed by atoms with van der Waals surface area (Å²) in [5.41, 5.74) is -0.283. The Labute approximate surface area is 90.5 Å². The van der Waals surface area contributed by atoms with Crippen molar-refractivity contribution in [1.82, 2.24) is 0 Å². The summed E-state index contributed by atoms with van der Waals surface area (Å²) < 4.78 is 0. The highest BCUT2D eigenvalue weighted by atomic mass is 35.5. The Balaban J connectivity index is 0.000000750. The molecule has 4 saturated carbocycles. The maximum absolute atomic E-state index is 11.3. The number of carboxylic acid groups (broad SMARTS) is 1. The van der Waals surface area contributed by atoms with Crippen molar-refractivity contribution in [2.24, 2.45) is 23.2 Å². The number of aliphatic carboxylic acids is 1. The van der Waals surface area contributed by atoms with E-state index in [-0.39, 0.29) is 17.8 Å². The summed E-state index contributed by atoms with van der Waals surface area (Å²) in [7, 11) is 0. The van der Waals surface area contributed by atoms with Crippen molar-refractivity contribution >= 4 is 18.4 Å². The SMILES string of the molecule is Cl.O=C(O)C12CC3CC(CC(C3)C1)C2. The number of halogens is 1. The number of rotatable bonds is 1. The van der Waals surface area contributed by atoms with Gasteiger partial charge >= 0.3 is 5.97 Å². The molecule has 14 heavy (non-hydrogen) atoms. The standard InChI is InChI=1S/C11H16O2.ClH/c12-10(13)11-4-7-1-8(5-11)3-9(2-7)6-11;/h7-9H,1-6H2,(H,12,13);1H. The van der Waals surface area contributed by atoms with Gasteiger partial charge in [0.05, 0.1) is 5.41 Å². The third-order valence-electron chi connectivity index (χ3n) is 4.49. The largest absolute Gasteiger partial charge is 0.481 e. The molecule has 4 aliphatic carbocycles. The van der Waals surface area contributed by atoms with Gasteiger partial charge in [-0.2, -0.15) is 0 Å². The van der Waals surface area contributed by atoms with Gasteiger partial charge in [-0.05, 0) is 56.3 Å². The molecule has 0 saturated heterocycles. The molecule has 4 aliphatic rings. The van der Waals surface area contributed by atoms with Crippen LogP contribution >= 0.6 is 12.4 Å². The first-order valence-corrected chi connectivity index (χ1v) is 5.41. The molecule has 1 N–H and O–H groups in total. The molecule has 4 fully saturated rings. The number of carbonyl (C=O) groups is 1. The van der Waals surface area contributed by atoms with Crippen molar-refractivity contribution in [2.45, 2.75) is 38.5 Å².